The Morgan fingerprint density at radius 2 is 1.29 bits per heavy atom. The fourth-order valence-electron chi connectivity index (χ4n) is 10.8. The average molecular weight is 1040 g/mol. The Morgan fingerprint density at radius 1 is 0.631 bits per heavy atom. The third-order valence-corrected chi connectivity index (χ3v) is 14.0. The first-order valence-electron chi connectivity index (χ1n) is 23.9. The molecule has 0 spiro atoms. The second kappa shape index (κ2) is 17.7. The molecule has 0 aliphatic carbocycles. The Labute approximate surface area is 402 Å². The van der Waals surface area contributed by atoms with Crippen LogP contribution in [0.3, 0.4) is 0 Å². The van der Waals surface area contributed by atoms with E-state index in [4.69, 9.17) is 9.98 Å². The number of aryl methyl sites for hydroxylation is 1. The molecular weight excluding hydrogens is 974 g/mol. The molecule has 0 saturated carbocycles. The van der Waals surface area contributed by atoms with Crippen LogP contribution >= 0.6 is 0 Å². The summed E-state index contributed by atoms with van der Waals surface area (Å²) >= 11 is 0. The molecule has 5 nitrogen and oxygen atoms in total. The van der Waals surface area contributed by atoms with Gasteiger partial charge in [-0.2, -0.15) is 6.07 Å². The van der Waals surface area contributed by atoms with Crippen LogP contribution in [-0.4, -0.2) is 32.5 Å². The van der Waals surface area contributed by atoms with E-state index < -0.39 is 0 Å². The van der Waals surface area contributed by atoms with E-state index in [9.17, 15) is 0 Å². The first-order valence-corrected chi connectivity index (χ1v) is 23.9. The zero-order valence-electron chi connectivity index (χ0n) is 41.0. The van der Waals surface area contributed by atoms with Crippen LogP contribution in [0.4, 0.5) is 5.69 Å². The van der Waals surface area contributed by atoms with Crippen molar-refractivity contribution in [3.8, 4) is 11.4 Å². The summed E-state index contributed by atoms with van der Waals surface area (Å²) < 4.78 is 4.71. The minimum Gasteiger partial charge on any atom is -0.364 e. The number of aliphatic imine (C=N–C) groups is 1. The third kappa shape index (κ3) is 8.19. The van der Waals surface area contributed by atoms with Gasteiger partial charge in [-0.1, -0.05) is 143 Å². The number of benzene rings is 5. The molecule has 6 heteroatoms. The first-order chi connectivity index (χ1) is 30.4. The number of anilines is 1. The van der Waals surface area contributed by atoms with Gasteiger partial charge in [0.1, 0.15) is 5.65 Å². The molecular formula is C59H67N5Pt. The summed E-state index contributed by atoms with van der Waals surface area (Å²) in [5.74, 6) is 3.46. The molecule has 0 N–H and O–H groups in total. The Morgan fingerprint density at radius 3 is 1.94 bits per heavy atom. The molecule has 0 bridgehead atoms. The van der Waals surface area contributed by atoms with Crippen molar-refractivity contribution < 1.29 is 21.1 Å². The standard InChI is InChI=1S/C59H67N5.Pt/c1-34(2)40-28-41(57-61-51(55(37(7)8)38(9)10)33-62(57)56-45(35(3)4)17-15-18-46(56)36(5)6)30-44(29-40)63-52-24-20-39(11)27-49(52)47-23-22-43(32-54(47)63)64-53-25-21-42(59(12,13)14)31-50(53)48-19-16-26-60-58(48)64;/h15-29,31,34-38,51,55H,33H2,1-14H3;/q-2;+2/t51-;/m0./s1. The van der Waals surface area contributed by atoms with Crippen molar-refractivity contribution in [2.24, 2.45) is 22.7 Å². The zero-order chi connectivity index (χ0) is 45.5. The van der Waals surface area contributed by atoms with E-state index in [-0.39, 0.29) is 38.4 Å². The summed E-state index contributed by atoms with van der Waals surface area (Å²) in [6.07, 6.45) is 1.91. The molecule has 4 heterocycles. The number of fused-ring (bicyclic) bond motifs is 6. The zero-order valence-corrected chi connectivity index (χ0v) is 43.3. The summed E-state index contributed by atoms with van der Waals surface area (Å²) in [6, 6.07) is 42.4. The van der Waals surface area contributed by atoms with Gasteiger partial charge in [-0.3, -0.25) is 0 Å². The number of para-hydroxylation sites is 1. The van der Waals surface area contributed by atoms with Gasteiger partial charge >= 0.3 is 21.1 Å². The summed E-state index contributed by atoms with van der Waals surface area (Å²) in [5.41, 5.74) is 15.1. The van der Waals surface area contributed by atoms with Gasteiger partial charge in [-0.15, -0.1) is 46.8 Å². The molecule has 0 fully saturated rings. The first kappa shape index (κ1) is 46.5. The predicted molar refractivity (Wildman–Crippen MR) is 274 cm³/mol. The molecule has 9 rings (SSSR count). The SMILES string of the molecule is Cc1ccc2c(c1)c1ccc(-n3c4ccc(C(C)(C)C)cc4c4cccnc43)[c-]c1n2-c1[c-]c(C2=N[C@H](C(C(C)C)C(C)C)CN2c2c(C(C)C)cccc2C(C)C)cc(C(C)C)c1.[Pt+2]. The van der Waals surface area contributed by atoms with Crippen LogP contribution < -0.4 is 4.90 Å². The molecule has 1 aliphatic heterocycles. The molecule has 1 atom stereocenters. The van der Waals surface area contributed by atoms with E-state index in [1.807, 2.05) is 12.3 Å². The van der Waals surface area contributed by atoms with Crippen LogP contribution in [0.15, 0.2) is 102 Å². The Bertz CT molecular complexity index is 3060. The van der Waals surface area contributed by atoms with Crippen LogP contribution in [0, 0.1) is 36.8 Å². The monoisotopic (exact) mass is 1040 g/mol. The molecule has 8 aromatic rings. The van der Waals surface area contributed by atoms with Gasteiger partial charge in [0.15, 0.2) is 0 Å². The average Bonchev–Trinajstić information content (AvgIpc) is 3.92. The summed E-state index contributed by atoms with van der Waals surface area (Å²) in [5, 5.41) is 4.73. The van der Waals surface area contributed by atoms with Crippen LogP contribution in [0.5, 0.6) is 0 Å². The van der Waals surface area contributed by atoms with E-state index in [1.54, 1.807) is 0 Å². The fourth-order valence-corrected chi connectivity index (χ4v) is 10.8. The van der Waals surface area contributed by atoms with Gasteiger partial charge in [0.05, 0.1) is 17.4 Å². The fraction of sp³-hybridized carbons (Fsp3) is 0.390. The van der Waals surface area contributed by atoms with Gasteiger partial charge in [0.25, 0.3) is 0 Å². The van der Waals surface area contributed by atoms with E-state index in [0.29, 0.717) is 29.6 Å². The molecule has 1 aliphatic rings. The van der Waals surface area contributed by atoms with E-state index in [2.05, 4.69) is 208 Å². The quantitative estimate of drug-likeness (QED) is 0.128. The molecule has 338 valence electrons. The second-order valence-electron chi connectivity index (χ2n) is 21.3. The maximum absolute atomic E-state index is 5.83. The number of amidine groups is 1. The summed E-state index contributed by atoms with van der Waals surface area (Å²) in [6.45, 7) is 33.3. The molecule has 0 saturated heterocycles. The van der Waals surface area contributed by atoms with Gasteiger partial charge in [-0.25, -0.2) is 4.98 Å². The van der Waals surface area contributed by atoms with Crippen molar-refractivity contribution in [1.82, 2.24) is 14.1 Å². The van der Waals surface area contributed by atoms with Crippen LogP contribution in [0.2, 0.25) is 0 Å². The predicted octanol–water partition coefficient (Wildman–Crippen LogP) is 15.4. The van der Waals surface area contributed by atoms with Crippen LogP contribution in [-0.2, 0) is 26.5 Å². The van der Waals surface area contributed by atoms with Gasteiger partial charge in [-0.05, 0) is 106 Å². The van der Waals surface area contributed by atoms with Crippen molar-refractivity contribution in [1.29, 1.82) is 0 Å². The Balaban J connectivity index is 0.00000576. The van der Waals surface area contributed by atoms with E-state index >= 15 is 0 Å². The van der Waals surface area contributed by atoms with Crippen LogP contribution in [0.1, 0.15) is 141 Å². The number of hydrogen-bond acceptors (Lipinski definition) is 3. The maximum Gasteiger partial charge on any atom is 2.00 e. The third-order valence-electron chi connectivity index (χ3n) is 14.0. The summed E-state index contributed by atoms with van der Waals surface area (Å²) in [4.78, 5) is 13.4. The van der Waals surface area contributed by atoms with Crippen molar-refractivity contribution in [3.05, 3.63) is 143 Å². The summed E-state index contributed by atoms with van der Waals surface area (Å²) in [7, 11) is 0. The number of hydrogen-bond donors (Lipinski definition) is 0. The molecule has 5 aromatic carbocycles. The van der Waals surface area contributed by atoms with Crippen molar-refractivity contribution in [2.75, 3.05) is 11.4 Å². The minimum atomic E-state index is 0. The molecule has 0 unspecified atom stereocenters. The topological polar surface area (TPSA) is 38.4 Å². The van der Waals surface area contributed by atoms with Crippen molar-refractivity contribution in [3.63, 3.8) is 0 Å². The maximum atomic E-state index is 5.83. The normalized spacial score (nSPS) is 14.9. The molecule has 65 heavy (non-hydrogen) atoms. The van der Waals surface area contributed by atoms with Gasteiger partial charge < -0.3 is 19.0 Å². The smallest absolute Gasteiger partial charge is 0.364 e. The van der Waals surface area contributed by atoms with Gasteiger partial charge in [0.2, 0.25) is 0 Å². The van der Waals surface area contributed by atoms with E-state index in [0.717, 1.165) is 56.9 Å². The largest absolute Gasteiger partial charge is 2.00 e. The minimum absolute atomic E-state index is 0. The Kier molecular flexibility index (Phi) is 12.6. The van der Waals surface area contributed by atoms with Crippen LogP contribution in [0.25, 0.3) is 55.1 Å². The number of nitrogens with zero attached hydrogens (tertiary/aromatic N) is 5. The van der Waals surface area contributed by atoms with Gasteiger partial charge in [0, 0.05) is 34.7 Å². The Hall–Kier alpha value is -4.99. The number of aromatic nitrogens is 3. The number of pyridine rings is 1. The van der Waals surface area contributed by atoms with Crippen molar-refractivity contribution in [2.45, 2.75) is 126 Å². The molecule has 3 aromatic heterocycles. The number of rotatable bonds is 10. The molecule has 0 amide bonds. The molecule has 0 radical (unpaired) electrons. The van der Waals surface area contributed by atoms with E-state index in [1.165, 1.54) is 49.7 Å². The van der Waals surface area contributed by atoms with Crippen molar-refractivity contribution >= 4 is 55.3 Å². The second-order valence-corrected chi connectivity index (χ2v) is 21.3.